The lowest BCUT2D eigenvalue weighted by atomic mass is 9.99. The van der Waals surface area contributed by atoms with E-state index < -0.39 is 5.97 Å². The third-order valence-electron chi connectivity index (χ3n) is 3.26. The summed E-state index contributed by atoms with van der Waals surface area (Å²) in [6, 6.07) is 7.39. The Kier molecular flexibility index (Phi) is 3.70. The van der Waals surface area contributed by atoms with Crippen LogP contribution in [0, 0.1) is 0 Å². The third-order valence-corrected chi connectivity index (χ3v) is 3.26. The van der Waals surface area contributed by atoms with E-state index in [1.807, 2.05) is 18.2 Å². The van der Waals surface area contributed by atoms with Crippen LogP contribution in [0.15, 0.2) is 24.3 Å². The number of ether oxygens (including phenoxy) is 1. The molecule has 20 heavy (non-hydrogen) atoms. The average molecular weight is 274 g/mol. The molecular weight excluding hydrogens is 256 g/mol. The van der Waals surface area contributed by atoms with Gasteiger partial charge in [0.25, 0.3) is 0 Å². The van der Waals surface area contributed by atoms with Crippen molar-refractivity contribution >= 4 is 11.8 Å². The number of H-pyrrole nitrogens is 1. The number of carboxylic acid groups (broad SMARTS) is 1. The van der Waals surface area contributed by atoms with Gasteiger partial charge < -0.3 is 20.6 Å². The summed E-state index contributed by atoms with van der Waals surface area (Å²) in [4.78, 5) is 14.0. The summed E-state index contributed by atoms with van der Waals surface area (Å²) in [6.45, 7) is 4.19. The summed E-state index contributed by atoms with van der Waals surface area (Å²) in [5, 5.41) is 9.06. The topological polar surface area (TPSA) is 88.3 Å². The van der Waals surface area contributed by atoms with Crippen LogP contribution in [0.1, 0.15) is 35.7 Å². The van der Waals surface area contributed by atoms with Crippen molar-refractivity contribution in [3.05, 3.63) is 35.4 Å². The molecule has 0 spiro atoms. The third kappa shape index (κ3) is 2.47. The van der Waals surface area contributed by atoms with Crippen LogP contribution < -0.4 is 10.5 Å². The molecule has 0 saturated heterocycles. The van der Waals surface area contributed by atoms with Crippen molar-refractivity contribution in [2.75, 3.05) is 12.8 Å². The van der Waals surface area contributed by atoms with Crippen molar-refractivity contribution in [3.63, 3.8) is 0 Å². The highest BCUT2D eigenvalue weighted by Gasteiger charge is 2.16. The second kappa shape index (κ2) is 5.28. The van der Waals surface area contributed by atoms with Crippen molar-refractivity contribution < 1.29 is 14.6 Å². The number of carboxylic acids is 1. The molecule has 1 aromatic carbocycles. The van der Waals surface area contributed by atoms with Crippen LogP contribution in [0.5, 0.6) is 5.75 Å². The molecule has 1 heterocycles. The summed E-state index contributed by atoms with van der Waals surface area (Å²) in [7, 11) is 1.58. The predicted molar refractivity (Wildman–Crippen MR) is 78.2 cm³/mol. The van der Waals surface area contributed by atoms with Crippen LogP contribution in [0.25, 0.3) is 11.3 Å². The lowest BCUT2D eigenvalue weighted by Gasteiger charge is -2.11. The van der Waals surface area contributed by atoms with Crippen molar-refractivity contribution in [1.29, 1.82) is 0 Å². The molecule has 0 bridgehead atoms. The van der Waals surface area contributed by atoms with Gasteiger partial charge >= 0.3 is 5.97 Å². The van der Waals surface area contributed by atoms with Gasteiger partial charge in [0.15, 0.2) is 0 Å². The van der Waals surface area contributed by atoms with Crippen LogP contribution in [0.3, 0.4) is 0 Å². The molecule has 0 aliphatic heterocycles. The van der Waals surface area contributed by atoms with Gasteiger partial charge in [0.2, 0.25) is 0 Å². The monoisotopic (exact) mass is 274 g/mol. The second-order valence-electron chi connectivity index (χ2n) is 4.93. The molecule has 5 heteroatoms. The Labute approximate surface area is 117 Å². The number of nitrogen functional groups attached to an aromatic ring is 1. The maximum atomic E-state index is 11.1. The second-order valence-corrected chi connectivity index (χ2v) is 4.93. The van der Waals surface area contributed by atoms with Crippen LogP contribution in [0.2, 0.25) is 0 Å². The fourth-order valence-corrected chi connectivity index (χ4v) is 2.09. The van der Waals surface area contributed by atoms with Crippen molar-refractivity contribution in [2.24, 2.45) is 0 Å². The maximum Gasteiger partial charge on any atom is 0.339 e. The number of anilines is 1. The standard InChI is InChI=1S/C15H18N2O3/c1-8(2)9-4-5-13(20-3)10(6-9)12-7-11(15(18)19)14(16)17-12/h4-8,17H,16H2,1-3H3,(H,18,19). The number of hydrogen-bond donors (Lipinski definition) is 3. The fourth-order valence-electron chi connectivity index (χ4n) is 2.09. The molecule has 4 N–H and O–H groups in total. The molecule has 0 unspecified atom stereocenters. The molecule has 106 valence electrons. The summed E-state index contributed by atoms with van der Waals surface area (Å²) in [6.07, 6.45) is 0. The Morgan fingerprint density at radius 1 is 1.35 bits per heavy atom. The highest BCUT2D eigenvalue weighted by Crippen LogP contribution is 2.34. The van der Waals surface area contributed by atoms with E-state index in [0.717, 1.165) is 11.1 Å². The molecule has 2 rings (SSSR count). The Balaban J connectivity index is 2.58. The number of carbonyl (C=O) groups is 1. The molecule has 0 atom stereocenters. The van der Waals surface area contributed by atoms with Gasteiger partial charge in [-0.1, -0.05) is 19.9 Å². The minimum Gasteiger partial charge on any atom is -0.496 e. The number of methoxy groups -OCH3 is 1. The van der Waals surface area contributed by atoms with E-state index in [1.165, 1.54) is 6.07 Å². The van der Waals surface area contributed by atoms with E-state index in [1.54, 1.807) is 7.11 Å². The average Bonchev–Trinajstić information content (AvgIpc) is 2.80. The van der Waals surface area contributed by atoms with E-state index in [2.05, 4.69) is 18.8 Å². The van der Waals surface area contributed by atoms with E-state index in [9.17, 15) is 4.79 Å². The van der Waals surface area contributed by atoms with Gasteiger partial charge in [0.05, 0.1) is 12.8 Å². The van der Waals surface area contributed by atoms with E-state index >= 15 is 0 Å². The smallest absolute Gasteiger partial charge is 0.339 e. The molecular formula is C15H18N2O3. The number of hydrogen-bond acceptors (Lipinski definition) is 3. The van der Waals surface area contributed by atoms with Crippen LogP contribution in [0.4, 0.5) is 5.82 Å². The molecule has 2 aromatic rings. The lowest BCUT2D eigenvalue weighted by molar-refractivity contribution is 0.0698. The molecule has 0 aliphatic carbocycles. The Hall–Kier alpha value is -2.43. The van der Waals surface area contributed by atoms with Gasteiger partial charge in [-0.05, 0) is 29.7 Å². The molecule has 0 saturated carbocycles. The highest BCUT2D eigenvalue weighted by atomic mass is 16.5. The molecule has 0 amide bonds. The van der Waals surface area contributed by atoms with E-state index in [-0.39, 0.29) is 11.4 Å². The summed E-state index contributed by atoms with van der Waals surface area (Å²) in [5.41, 5.74) is 8.34. The van der Waals surface area contributed by atoms with Gasteiger partial charge in [0, 0.05) is 5.56 Å². The number of nitrogens with two attached hydrogens (primary N) is 1. The van der Waals surface area contributed by atoms with Gasteiger partial charge in [0.1, 0.15) is 17.1 Å². The van der Waals surface area contributed by atoms with Crippen LogP contribution >= 0.6 is 0 Å². The Bertz CT molecular complexity index is 645. The van der Waals surface area contributed by atoms with Crippen LogP contribution in [-0.2, 0) is 0 Å². The zero-order chi connectivity index (χ0) is 14.9. The minimum absolute atomic E-state index is 0.0667. The quantitative estimate of drug-likeness (QED) is 0.799. The van der Waals surface area contributed by atoms with Gasteiger partial charge in [-0.2, -0.15) is 0 Å². The molecule has 5 nitrogen and oxygen atoms in total. The number of aromatic amines is 1. The normalized spacial score (nSPS) is 10.8. The van der Waals surface area contributed by atoms with Crippen molar-refractivity contribution in [1.82, 2.24) is 4.98 Å². The highest BCUT2D eigenvalue weighted by molar-refractivity contribution is 5.95. The minimum atomic E-state index is -1.05. The zero-order valence-electron chi connectivity index (χ0n) is 11.7. The summed E-state index contributed by atoms with van der Waals surface area (Å²) in [5.74, 6) is 0.131. The zero-order valence-corrected chi connectivity index (χ0v) is 11.7. The molecule has 0 radical (unpaired) electrons. The summed E-state index contributed by atoms with van der Waals surface area (Å²) < 4.78 is 5.34. The number of rotatable bonds is 4. The fraction of sp³-hybridized carbons (Fsp3) is 0.267. The van der Waals surface area contributed by atoms with E-state index in [0.29, 0.717) is 17.4 Å². The molecule has 0 fully saturated rings. The van der Waals surface area contributed by atoms with Gasteiger partial charge in [-0.15, -0.1) is 0 Å². The number of aromatic nitrogens is 1. The largest absolute Gasteiger partial charge is 0.496 e. The predicted octanol–water partition coefficient (Wildman–Crippen LogP) is 3.09. The Morgan fingerprint density at radius 3 is 2.55 bits per heavy atom. The Morgan fingerprint density at radius 2 is 2.05 bits per heavy atom. The lowest BCUT2D eigenvalue weighted by Crippen LogP contribution is -1.98. The first-order valence-electron chi connectivity index (χ1n) is 6.34. The van der Waals surface area contributed by atoms with Crippen LogP contribution in [-0.4, -0.2) is 23.2 Å². The number of benzene rings is 1. The molecule has 0 aliphatic rings. The first-order chi connectivity index (χ1) is 9.43. The number of nitrogens with one attached hydrogen (secondary N) is 1. The van der Waals surface area contributed by atoms with Crippen molar-refractivity contribution in [2.45, 2.75) is 19.8 Å². The summed E-state index contributed by atoms with van der Waals surface area (Å²) >= 11 is 0. The van der Waals surface area contributed by atoms with E-state index in [4.69, 9.17) is 15.6 Å². The maximum absolute atomic E-state index is 11.1. The first-order valence-corrected chi connectivity index (χ1v) is 6.34. The van der Waals surface area contributed by atoms with Gasteiger partial charge in [-0.3, -0.25) is 0 Å². The SMILES string of the molecule is COc1ccc(C(C)C)cc1-c1cc(C(=O)O)c(N)[nH]1. The molecule has 1 aromatic heterocycles. The first kappa shape index (κ1) is 14.0. The van der Waals surface area contributed by atoms with Gasteiger partial charge in [-0.25, -0.2) is 4.79 Å². The number of aromatic carboxylic acids is 1. The van der Waals surface area contributed by atoms with Crippen molar-refractivity contribution in [3.8, 4) is 17.0 Å².